The Morgan fingerprint density at radius 1 is 1.33 bits per heavy atom. The van der Waals surface area contributed by atoms with E-state index in [1.54, 1.807) is 18.7 Å². The molecular formula is C18H21N5O. The molecule has 0 bridgehead atoms. The van der Waals surface area contributed by atoms with Crippen LogP contribution in [-0.2, 0) is 16.9 Å². The molecule has 124 valence electrons. The molecule has 0 saturated carbocycles. The van der Waals surface area contributed by atoms with E-state index in [4.69, 9.17) is 0 Å². The number of imidazole rings is 2. The number of hydrogen-bond acceptors (Lipinski definition) is 3. The summed E-state index contributed by atoms with van der Waals surface area (Å²) < 4.78 is 1.83. The second kappa shape index (κ2) is 6.31. The van der Waals surface area contributed by atoms with Gasteiger partial charge in [0.05, 0.1) is 12.0 Å². The monoisotopic (exact) mass is 323 g/mol. The van der Waals surface area contributed by atoms with Gasteiger partial charge in [0, 0.05) is 30.7 Å². The zero-order valence-corrected chi connectivity index (χ0v) is 14.1. The molecule has 6 nitrogen and oxygen atoms in total. The molecule has 24 heavy (non-hydrogen) atoms. The molecule has 0 aliphatic rings. The molecule has 0 aliphatic heterocycles. The van der Waals surface area contributed by atoms with Crippen molar-refractivity contribution in [2.24, 2.45) is 0 Å². The predicted octanol–water partition coefficient (Wildman–Crippen LogP) is 2.63. The Morgan fingerprint density at radius 3 is 2.83 bits per heavy atom. The van der Waals surface area contributed by atoms with E-state index in [2.05, 4.69) is 20.3 Å². The summed E-state index contributed by atoms with van der Waals surface area (Å²) in [4.78, 5) is 24.1. The number of rotatable bonds is 5. The molecule has 2 heterocycles. The van der Waals surface area contributed by atoms with Crippen LogP contribution in [0.5, 0.6) is 0 Å². The van der Waals surface area contributed by atoms with E-state index >= 15 is 0 Å². The lowest BCUT2D eigenvalue weighted by Crippen LogP contribution is -2.43. The summed E-state index contributed by atoms with van der Waals surface area (Å²) in [5.74, 6) is 0.765. The van der Waals surface area contributed by atoms with Crippen LogP contribution < -0.4 is 5.32 Å². The molecule has 0 unspecified atom stereocenters. The second-order valence-corrected chi connectivity index (χ2v) is 6.30. The molecule has 2 N–H and O–H groups in total. The number of benzene rings is 1. The lowest BCUT2D eigenvalue weighted by atomic mass is 10.0. The first-order chi connectivity index (χ1) is 11.5. The van der Waals surface area contributed by atoms with Gasteiger partial charge in [-0.2, -0.15) is 0 Å². The van der Waals surface area contributed by atoms with Gasteiger partial charge in [-0.1, -0.05) is 18.2 Å². The lowest BCUT2D eigenvalue weighted by Gasteiger charge is -2.25. The zero-order valence-electron chi connectivity index (χ0n) is 14.1. The van der Waals surface area contributed by atoms with E-state index in [-0.39, 0.29) is 5.91 Å². The number of aryl methyl sites for hydroxylation is 1. The molecule has 0 atom stereocenters. The van der Waals surface area contributed by atoms with Gasteiger partial charge in [0.1, 0.15) is 11.4 Å². The van der Waals surface area contributed by atoms with Crippen molar-refractivity contribution in [3.8, 4) is 11.4 Å². The van der Waals surface area contributed by atoms with Gasteiger partial charge >= 0.3 is 0 Å². The fraction of sp³-hybridized carbons (Fsp3) is 0.278. The van der Waals surface area contributed by atoms with Gasteiger partial charge in [-0.3, -0.25) is 4.79 Å². The summed E-state index contributed by atoms with van der Waals surface area (Å²) in [5.41, 5.74) is 2.22. The van der Waals surface area contributed by atoms with Crippen molar-refractivity contribution in [3.05, 3.63) is 60.4 Å². The Morgan fingerprint density at radius 2 is 2.17 bits per heavy atom. The van der Waals surface area contributed by atoms with E-state index in [9.17, 15) is 4.79 Å². The minimum atomic E-state index is -0.695. The molecule has 1 aromatic carbocycles. The Hall–Kier alpha value is -2.89. The highest BCUT2D eigenvalue weighted by Gasteiger charge is 2.29. The second-order valence-electron chi connectivity index (χ2n) is 6.30. The molecule has 3 aromatic rings. The van der Waals surface area contributed by atoms with Crippen LogP contribution in [0.3, 0.4) is 0 Å². The van der Waals surface area contributed by atoms with Crippen LogP contribution in [0.15, 0.2) is 49.2 Å². The molecule has 1 amide bonds. The molecule has 3 rings (SSSR count). The highest BCUT2D eigenvalue weighted by molar-refractivity contribution is 5.83. The van der Waals surface area contributed by atoms with Crippen molar-refractivity contribution in [1.29, 1.82) is 0 Å². The average Bonchev–Trinajstić information content (AvgIpc) is 3.24. The highest BCUT2D eigenvalue weighted by atomic mass is 16.2. The first kappa shape index (κ1) is 16.0. The molecule has 0 spiro atoms. The largest absolute Gasteiger partial charge is 0.350 e. The maximum Gasteiger partial charge on any atom is 0.245 e. The minimum absolute atomic E-state index is 0.0525. The van der Waals surface area contributed by atoms with E-state index < -0.39 is 5.54 Å². The summed E-state index contributed by atoms with van der Waals surface area (Å²) in [7, 11) is 0. The van der Waals surface area contributed by atoms with Crippen LogP contribution in [0, 0.1) is 6.92 Å². The summed E-state index contributed by atoms with van der Waals surface area (Å²) in [6.07, 6.45) is 7.07. The van der Waals surface area contributed by atoms with Crippen molar-refractivity contribution in [1.82, 2.24) is 24.8 Å². The predicted molar refractivity (Wildman–Crippen MR) is 92.2 cm³/mol. The van der Waals surface area contributed by atoms with Crippen molar-refractivity contribution in [2.75, 3.05) is 0 Å². The zero-order chi connectivity index (χ0) is 17.2. The molecule has 6 heteroatoms. The third-order valence-electron chi connectivity index (χ3n) is 4.06. The topological polar surface area (TPSA) is 75.6 Å². The molecule has 0 aliphatic carbocycles. The maximum absolute atomic E-state index is 12.6. The van der Waals surface area contributed by atoms with Gasteiger partial charge in [-0.25, -0.2) is 9.97 Å². The number of nitrogens with zero attached hydrogens (tertiary/aromatic N) is 3. The number of carbonyl (C=O) groups is 1. The van der Waals surface area contributed by atoms with Gasteiger partial charge in [-0.15, -0.1) is 0 Å². The van der Waals surface area contributed by atoms with Crippen molar-refractivity contribution in [3.63, 3.8) is 0 Å². The summed E-state index contributed by atoms with van der Waals surface area (Å²) in [6.45, 7) is 6.13. The molecule has 2 aromatic heterocycles. The number of nitrogens with one attached hydrogen (secondary N) is 2. The number of aromatic nitrogens is 4. The highest BCUT2D eigenvalue weighted by Crippen LogP contribution is 2.18. The van der Waals surface area contributed by atoms with Crippen LogP contribution >= 0.6 is 0 Å². The SMILES string of the molecule is Cc1cn(C(C)(C)C(=O)NCc2cccc(-c3ncc[nH]3)c2)cn1. The third kappa shape index (κ3) is 3.22. The van der Waals surface area contributed by atoms with Gasteiger partial charge < -0.3 is 14.9 Å². The molecule has 0 fully saturated rings. The van der Waals surface area contributed by atoms with Gasteiger partial charge in [0.2, 0.25) is 5.91 Å². The van der Waals surface area contributed by atoms with Crippen LogP contribution in [-0.4, -0.2) is 25.4 Å². The van der Waals surface area contributed by atoms with Gasteiger partial charge in [0.15, 0.2) is 0 Å². The number of H-pyrrole nitrogens is 1. The Bertz CT molecular complexity index is 833. The van der Waals surface area contributed by atoms with Crippen molar-refractivity contribution < 1.29 is 4.79 Å². The normalized spacial score (nSPS) is 11.5. The summed E-state index contributed by atoms with van der Waals surface area (Å²) in [6, 6.07) is 7.96. The molecular weight excluding hydrogens is 302 g/mol. The van der Waals surface area contributed by atoms with Gasteiger partial charge in [0.25, 0.3) is 0 Å². The number of aromatic amines is 1. The standard InChI is InChI=1S/C18H21N5O/c1-13-11-23(12-22-13)18(2,3)17(24)21-10-14-5-4-6-15(9-14)16-19-7-8-20-16/h4-9,11-12H,10H2,1-3H3,(H,19,20)(H,21,24). The molecule has 0 radical (unpaired) electrons. The first-order valence-corrected chi connectivity index (χ1v) is 7.85. The van der Waals surface area contributed by atoms with Crippen LogP contribution in [0.1, 0.15) is 25.1 Å². The minimum Gasteiger partial charge on any atom is -0.350 e. The number of carbonyl (C=O) groups excluding carboxylic acids is 1. The van der Waals surface area contributed by atoms with E-state index in [1.165, 1.54) is 0 Å². The summed E-state index contributed by atoms with van der Waals surface area (Å²) >= 11 is 0. The van der Waals surface area contributed by atoms with E-state index in [1.807, 2.05) is 55.8 Å². The summed E-state index contributed by atoms with van der Waals surface area (Å²) in [5, 5.41) is 3.00. The van der Waals surface area contributed by atoms with Crippen LogP contribution in [0.25, 0.3) is 11.4 Å². The number of amides is 1. The molecule has 0 saturated heterocycles. The quantitative estimate of drug-likeness (QED) is 0.758. The fourth-order valence-corrected chi connectivity index (χ4v) is 2.49. The third-order valence-corrected chi connectivity index (χ3v) is 4.06. The van der Waals surface area contributed by atoms with E-state index in [0.717, 1.165) is 22.6 Å². The number of hydrogen-bond donors (Lipinski definition) is 2. The van der Waals surface area contributed by atoms with Gasteiger partial charge in [-0.05, 0) is 32.4 Å². The van der Waals surface area contributed by atoms with Crippen LogP contribution in [0.2, 0.25) is 0 Å². The van der Waals surface area contributed by atoms with E-state index in [0.29, 0.717) is 6.54 Å². The van der Waals surface area contributed by atoms with Crippen LogP contribution in [0.4, 0.5) is 0 Å². The van der Waals surface area contributed by atoms with Crippen molar-refractivity contribution >= 4 is 5.91 Å². The average molecular weight is 323 g/mol. The Kier molecular flexibility index (Phi) is 4.20. The first-order valence-electron chi connectivity index (χ1n) is 7.85. The maximum atomic E-state index is 12.6. The Balaban J connectivity index is 1.69. The Labute approximate surface area is 141 Å². The fourth-order valence-electron chi connectivity index (χ4n) is 2.49. The smallest absolute Gasteiger partial charge is 0.245 e. The lowest BCUT2D eigenvalue weighted by molar-refractivity contribution is -0.128. The van der Waals surface area contributed by atoms with Crippen molar-refractivity contribution in [2.45, 2.75) is 32.9 Å².